The number of amides is 2. The molecule has 0 atom stereocenters. The van der Waals surface area contributed by atoms with Crippen LogP contribution in [0.25, 0.3) is 0 Å². The lowest BCUT2D eigenvalue weighted by molar-refractivity contribution is -0.118. The van der Waals surface area contributed by atoms with Crippen LogP contribution in [0.3, 0.4) is 0 Å². The molecule has 3 rings (SSSR count). The van der Waals surface area contributed by atoms with Gasteiger partial charge in [-0.3, -0.25) is 14.5 Å². The lowest BCUT2D eigenvalue weighted by Crippen LogP contribution is -2.29. The number of anilines is 1. The van der Waals surface area contributed by atoms with Crippen molar-refractivity contribution < 1.29 is 9.59 Å². The van der Waals surface area contributed by atoms with Gasteiger partial charge in [-0.05, 0) is 36.2 Å². The minimum Gasteiger partial charge on any atom is -0.344 e. The van der Waals surface area contributed by atoms with Crippen LogP contribution in [0.4, 0.5) is 5.69 Å². The Bertz CT molecular complexity index is 718. The molecule has 0 aliphatic carbocycles. The molecule has 5 heteroatoms. The first-order valence-electron chi connectivity index (χ1n) is 8.61. The molecular formula is C20H23N3O2. The van der Waals surface area contributed by atoms with E-state index in [2.05, 4.69) is 10.2 Å². The fourth-order valence-corrected chi connectivity index (χ4v) is 3.05. The SMILES string of the molecule is O=CN1CCCN(Cc2cccc(C(=O)Nc3ccccc3)c2)CC1. The summed E-state index contributed by atoms with van der Waals surface area (Å²) in [6.07, 6.45) is 1.91. The molecule has 0 aromatic heterocycles. The van der Waals surface area contributed by atoms with E-state index in [0.717, 1.165) is 56.8 Å². The third kappa shape index (κ3) is 4.90. The third-order valence-corrected chi connectivity index (χ3v) is 4.40. The lowest BCUT2D eigenvalue weighted by Gasteiger charge is -2.20. The quantitative estimate of drug-likeness (QED) is 0.853. The van der Waals surface area contributed by atoms with E-state index in [9.17, 15) is 9.59 Å². The molecule has 0 saturated carbocycles. The van der Waals surface area contributed by atoms with Gasteiger partial charge in [0, 0.05) is 44.0 Å². The van der Waals surface area contributed by atoms with E-state index < -0.39 is 0 Å². The molecule has 1 aliphatic rings. The molecule has 1 aliphatic heterocycles. The predicted octanol–water partition coefficient (Wildman–Crippen LogP) is 2.60. The van der Waals surface area contributed by atoms with Gasteiger partial charge in [-0.1, -0.05) is 30.3 Å². The fraction of sp³-hybridized carbons (Fsp3) is 0.300. The van der Waals surface area contributed by atoms with E-state index in [1.54, 1.807) is 0 Å². The third-order valence-electron chi connectivity index (χ3n) is 4.40. The number of hydrogen-bond donors (Lipinski definition) is 1. The maximum Gasteiger partial charge on any atom is 0.255 e. The van der Waals surface area contributed by atoms with Gasteiger partial charge < -0.3 is 10.2 Å². The van der Waals surface area contributed by atoms with Crippen LogP contribution in [0.1, 0.15) is 22.3 Å². The Morgan fingerprint density at radius 3 is 2.64 bits per heavy atom. The molecule has 5 nitrogen and oxygen atoms in total. The molecule has 0 radical (unpaired) electrons. The first kappa shape index (κ1) is 17.2. The summed E-state index contributed by atoms with van der Waals surface area (Å²) in [7, 11) is 0. The molecule has 1 saturated heterocycles. The highest BCUT2D eigenvalue weighted by atomic mass is 16.1. The Hall–Kier alpha value is -2.66. The van der Waals surface area contributed by atoms with Gasteiger partial charge in [-0.25, -0.2) is 0 Å². The Labute approximate surface area is 148 Å². The molecule has 0 bridgehead atoms. The van der Waals surface area contributed by atoms with Crippen LogP contribution >= 0.6 is 0 Å². The summed E-state index contributed by atoms with van der Waals surface area (Å²) < 4.78 is 0. The van der Waals surface area contributed by atoms with Gasteiger partial charge in [0.2, 0.25) is 6.41 Å². The number of carbonyl (C=O) groups excluding carboxylic acids is 2. The van der Waals surface area contributed by atoms with Crippen LogP contribution in [0.5, 0.6) is 0 Å². The van der Waals surface area contributed by atoms with Crippen LogP contribution < -0.4 is 5.32 Å². The number of para-hydroxylation sites is 1. The van der Waals surface area contributed by atoms with Gasteiger partial charge in [-0.2, -0.15) is 0 Å². The second-order valence-corrected chi connectivity index (χ2v) is 6.29. The molecule has 2 aromatic rings. The maximum absolute atomic E-state index is 12.4. The van der Waals surface area contributed by atoms with E-state index in [1.165, 1.54) is 0 Å². The van der Waals surface area contributed by atoms with E-state index in [-0.39, 0.29) is 5.91 Å². The minimum absolute atomic E-state index is 0.101. The number of nitrogens with one attached hydrogen (secondary N) is 1. The minimum atomic E-state index is -0.101. The smallest absolute Gasteiger partial charge is 0.255 e. The highest BCUT2D eigenvalue weighted by Crippen LogP contribution is 2.13. The first-order valence-corrected chi connectivity index (χ1v) is 8.61. The fourth-order valence-electron chi connectivity index (χ4n) is 3.05. The largest absolute Gasteiger partial charge is 0.344 e. The summed E-state index contributed by atoms with van der Waals surface area (Å²) in [5.41, 5.74) is 2.56. The van der Waals surface area contributed by atoms with Crippen molar-refractivity contribution in [3.8, 4) is 0 Å². The average molecular weight is 337 g/mol. The van der Waals surface area contributed by atoms with Crippen LogP contribution in [0.15, 0.2) is 54.6 Å². The maximum atomic E-state index is 12.4. The zero-order chi connectivity index (χ0) is 17.5. The van der Waals surface area contributed by atoms with Gasteiger partial charge in [-0.15, -0.1) is 0 Å². The van der Waals surface area contributed by atoms with Crippen molar-refractivity contribution in [1.29, 1.82) is 0 Å². The van der Waals surface area contributed by atoms with Crippen molar-refractivity contribution in [2.75, 3.05) is 31.5 Å². The van der Waals surface area contributed by atoms with Gasteiger partial charge >= 0.3 is 0 Å². The number of carbonyl (C=O) groups is 2. The van der Waals surface area contributed by atoms with Crippen molar-refractivity contribution in [2.24, 2.45) is 0 Å². The van der Waals surface area contributed by atoms with Crippen molar-refractivity contribution in [2.45, 2.75) is 13.0 Å². The number of benzene rings is 2. The van der Waals surface area contributed by atoms with Gasteiger partial charge in [0.1, 0.15) is 0 Å². The molecule has 2 amide bonds. The molecular weight excluding hydrogens is 314 g/mol. The van der Waals surface area contributed by atoms with Crippen molar-refractivity contribution in [3.05, 3.63) is 65.7 Å². The second kappa shape index (κ2) is 8.44. The summed E-state index contributed by atoms with van der Waals surface area (Å²) in [6, 6.07) is 17.2. The van der Waals surface area contributed by atoms with E-state index in [1.807, 2.05) is 59.5 Å². The van der Waals surface area contributed by atoms with Gasteiger partial charge in [0.15, 0.2) is 0 Å². The van der Waals surface area contributed by atoms with Crippen LogP contribution in [0.2, 0.25) is 0 Å². The van der Waals surface area contributed by atoms with Crippen molar-refractivity contribution in [1.82, 2.24) is 9.80 Å². The van der Waals surface area contributed by atoms with Crippen molar-refractivity contribution >= 4 is 18.0 Å². The number of nitrogens with zero attached hydrogens (tertiary/aromatic N) is 2. The number of hydrogen-bond acceptors (Lipinski definition) is 3. The summed E-state index contributed by atoms with van der Waals surface area (Å²) in [5, 5.41) is 2.91. The van der Waals surface area contributed by atoms with Crippen molar-refractivity contribution in [3.63, 3.8) is 0 Å². The zero-order valence-corrected chi connectivity index (χ0v) is 14.2. The molecule has 2 aromatic carbocycles. The Kier molecular flexibility index (Phi) is 5.80. The molecule has 0 unspecified atom stereocenters. The summed E-state index contributed by atoms with van der Waals surface area (Å²) in [6.45, 7) is 4.19. The van der Waals surface area contributed by atoms with Crippen LogP contribution in [-0.2, 0) is 11.3 Å². The Morgan fingerprint density at radius 2 is 1.84 bits per heavy atom. The molecule has 130 valence electrons. The molecule has 1 fully saturated rings. The summed E-state index contributed by atoms with van der Waals surface area (Å²) in [5.74, 6) is -0.101. The highest BCUT2D eigenvalue weighted by molar-refractivity contribution is 6.04. The standard InChI is InChI=1S/C20H23N3O2/c24-16-23-11-5-10-22(12-13-23)15-17-6-4-7-18(14-17)20(25)21-19-8-2-1-3-9-19/h1-4,6-9,14,16H,5,10-13,15H2,(H,21,25). The van der Waals surface area contributed by atoms with E-state index in [4.69, 9.17) is 0 Å². The lowest BCUT2D eigenvalue weighted by atomic mass is 10.1. The molecule has 25 heavy (non-hydrogen) atoms. The predicted molar refractivity (Wildman–Crippen MR) is 98.4 cm³/mol. The van der Waals surface area contributed by atoms with Gasteiger partial charge in [0.05, 0.1) is 0 Å². The Morgan fingerprint density at radius 1 is 1.00 bits per heavy atom. The van der Waals surface area contributed by atoms with E-state index >= 15 is 0 Å². The molecule has 1 N–H and O–H groups in total. The van der Waals surface area contributed by atoms with Crippen LogP contribution in [0, 0.1) is 0 Å². The molecule has 0 spiro atoms. The average Bonchev–Trinajstić information content (AvgIpc) is 2.88. The Balaban J connectivity index is 1.63. The van der Waals surface area contributed by atoms with Crippen LogP contribution in [-0.4, -0.2) is 48.3 Å². The molecule has 1 heterocycles. The summed E-state index contributed by atoms with van der Waals surface area (Å²) >= 11 is 0. The zero-order valence-electron chi connectivity index (χ0n) is 14.2. The topological polar surface area (TPSA) is 52.7 Å². The highest BCUT2D eigenvalue weighted by Gasteiger charge is 2.14. The second-order valence-electron chi connectivity index (χ2n) is 6.29. The summed E-state index contributed by atoms with van der Waals surface area (Å²) in [4.78, 5) is 27.5. The van der Waals surface area contributed by atoms with E-state index in [0.29, 0.717) is 5.56 Å². The monoisotopic (exact) mass is 337 g/mol. The first-order chi connectivity index (χ1) is 12.2. The number of rotatable bonds is 5. The normalized spacial score (nSPS) is 15.4. The van der Waals surface area contributed by atoms with Gasteiger partial charge in [0.25, 0.3) is 5.91 Å².